The zero-order valence-corrected chi connectivity index (χ0v) is 23.5. The number of phenolic OH excluding ortho intramolecular Hbond substituents is 1. The van der Waals surface area contributed by atoms with Gasteiger partial charge in [0.1, 0.15) is 5.76 Å². The first-order valence-corrected chi connectivity index (χ1v) is 13.7. The number of aliphatic hydroxyl groups excluding tert-OH is 2. The van der Waals surface area contributed by atoms with Crippen molar-refractivity contribution in [2.75, 3.05) is 13.6 Å². The fourth-order valence-electron chi connectivity index (χ4n) is 6.71. The van der Waals surface area contributed by atoms with Crippen LogP contribution in [0.3, 0.4) is 0 Å². The SMILES string of the molecule is C[C@H](OC(=O)[C@H](CC(=O)OC1=CC[C@@]2(O)[C@H]3Cc4ccc(O)c5c4[C@@]2(CCN3C)[C@H]1O5)OC(=O)[C@H](O)[C@@H](O)C(=O)O)C(=O)O. The highest BCUT2D eigenvalue weighted by atomic mass is 16.6. The molecule has 1 saturated heterocycles. The number of carboxylic acids is 2. The molecule has 0 radical (unpaired) electrons. The number of phenols is 1. The van der Waals surface area contributed by atoms with E-state index in [0.717, 1.165) is 12.5 Å². The number of likely N-dealkylation sites (tertiary alicyclic amines) is 1. The molecule has 2 bridgehead atoms. The quantitative estimate of drug-likeness (QED) is 0.126. The van der Waals surface area contributed by atoms with Crippen LogP contribution in [0, 0.1) is 0 Å². The van der Waals surface area contributed by atoms with Gasteiger partial charge in [-0.25, -0.2) is 19.2 Å². The van der Waals surface area contributed by atoms with Gasteiger partial charge < -0.3 is 54.5 Å². The standard InChI is InChI=1S/C28H31NO15/c1-11(23(34)35)41-25(38)15(43-26(39)20(33)19(32)24(36)37)10-17(31)42-14-5-6-28(40)16-9-12-3-4-13(30)21-18(12)27(28,22(14)44-21)7-8-29(16)2/h3-5,11,15-16,19-20,22,30,32-33,40H,6-10H2,1-2H3,(H,34,35)(H,36,37)/t11-,15-,16+,19+,20+,22-,27-,28+/m0/s1. The number of benzene rings is 1. The maximum Gasteiger partial charge on any atom is 0.348 e. The molecular weight excluding hydrogens is 590 g/mol. The van der Waals surface area contributed by atoms with Crippen LogP contribution >= 0.6 is 0 Å². The van der Waals surface area contributed by atoms with Crippen LogP contribution in [-0.4, -0.2) is 121 Å². The number of esters is 3. The number of nitrogens with zero attached hydrogens (tertiary/aromatic N) is 1. The molecule has 8 atom stereocenters. The number of carboxylic acid groups (broad SMARTS) is 2. The van der Waals surface area contributed by atoms with E-state index in [2.05, 4.69) is 0 Å². The highest BCUT2D eigenvalue weighted by Crippen LogP contribution is 2.65. The number of carbonyl (C=O) groups excluding carboxylic acids is 3. The zero-order valence-electron chi connectivity index (χ0n) is 23.5. The summed E-state index contributed by atoms with van der Waals surface area (Å²) in [5, 5.41) is 60.0. The molecule has 0 amide bonds. The van der Waals surface area contributed by atoms with Crippen LogP contribution in [0.15, 0.2) is 24.0 Å². The average molecular weight is 622 g/mol. The summed E-state index contributed by atoms with van der Waals surface area (Å²) in [6, 6.07) is 2.92. The van der Waals surface area contributed by atoms with E-state index in [1.165, 1.54) is 12.1 Å². The lowest BCUT2D eigenvalue weighted by molar-refractivity contribution is -0.186. The molecule has 2 aliphatic heterocycles. The summed E-state index contributed by atoms with van der Waals surface area (Å²) in [5.41, 5.74) is -0.976. The second-order valence-corrected chi connectivity index (χ2v) is 11.4. The van der Waals surface area contributed by atoms with Crippen molar-refractivity contribution in [3.63, 3.8) is 0 Å². The molecule has 16 nitrogen and oxygen atoms in total. The van der Waals surface area contributed by atoms with Gasteiger partial charge in [0.2, 0.25) is 6.10 Å². The van der Waals surface area contributed by atoms with Gasteiger partial charge in [0.15, 0.2) is 35.9 Å². The van der Waals surface area contributed by atoms with E-state index in [9.17, 15) is 44.4 Å². The minimum atomic E-state index is -2.66. The molecule has 2 heterocycles. The van der Waals surface area contributed by atoms with E-state index in [-0.39, 0.29) is 29.7 Å². The van der Waals surface area contributed by atoms with E-state index in [4.69, 9.17) is 29.2 Å². The van der Waals surface area contributed by atoms with Gasteiger partial charge in [0.25, 0.3) is 0 Å². The van der Waals surface area contributed by atoms with Gasteiger partial charge in [-0.1, -0.05) is 6.07 Å². The molecule has 1 spiro atoms. The average Bonchev–Trinajstić information content (AvgIpc) is 3.32. The van der Waals surface area contributed by atoms with Crippen molar-refractivity contribution in [3.05, 3.63) is 35.1 Å². The molecule has 6 N–H and O–H groups in total. The third kappa shape index (κ3) is 4.74. The van der Waals surface area contributed by atoms with Crippen molar-refractivity contribution in [1.29, 1.82) is 0 Å². The minimum absolute atomic E-state index is 0.0366. The van der Waals surface area contributed by atoms with Crippen LogP contribution in [0.2, 0.25) is 0 Å². The van der Waals surface area contributed by atoms with Crippen LogP contribution in [0.4, 0.5) is 0 Å². The van der Waals surface area contributed by atoms with Gasteiger partial charge in [-0.05, 0) is 51.1 Å². The molecule has 1 aromatic carbocycles. The third-order valence-corrected chi connectivity index (χ3v) is 8.89. The Hall–Kier alpha value is -4.25. The summed E-state index contributed by atoms with van der Waals surface area (Å²) < 4.78 is 21.2. The molecule has 238 valence electrons. The lowest BCUT2D eigenvalue weighted by Gasteiger charge is -2.61. The Morgan fingerprint density at radius 2 is 1.77 bits per heavy atom. The van der Waals surface area contributed by atoms with Crippen LogP contribution in [0.1, 0.15) is 37.3 Å². The van der Waals surface area contributed by atoms with Crippen molar-refractivity contribution in [3.8, 4) is 11.5 Å². The van der Waals surface area contributed by atoms with Crippen molar-refractivity contribution in [1.82, 2.24) is 4.90 Å². The molecule has 0 aromatic heterocycles. The number of carbonyl (C=O) groups is 5. The number of hydrogen-bond donors (Lipinski definition) is 6. The number of rotatable bonds is 10. The van der Waals surface area contributed by atoms with Crippen molar-refractivity contribution >= 4 is 29.8 Å². The minimum Gasteiger partial charge on any atom is -0.504 e. The van der Waals surface area contributed by atoms with E-state index in [1.54, 1.807) is 6.07 Å². The third-order valence-electron chi connectivity index (χ3n) is 8.89. The van der Waals surface area contributed by atoms with Gasteiger partial charge in [-0.15, -0.1) is 0 Å². The Labute approximate surface area is 249 Å². The monoisotopic (exact) mass is 621 g/mol. The molecule has 44 heavy (non-hydrogen) atoms. The molecule has 4 aliphatic rings. The molecule has 1 fully saturated rings. The molecule has 1 aromatic rings. The first-order chi connectivity index (χ1) is 20.6. The van der Waals surface area contributed by atoms with E-state index < -0.39 is 77.8 Å². The van der Waals surface area contributed by atoms with Crippen LogP contribution in [0.25, 0.3) is 0 Å². The number of likely N-dealkylation sites (N-methyl/N-ethyl adjacent to an activating group) is 1. The Balaban J connectivity index is 1.41. The van der Waals surface area contributed by atoms with E-state index in [0.29, 0.717) is 24.9 Å². The molecular formula is C28H31NO15. The first-order valence-electron chi connectivity index (χ1n) is 13.7. The summed E-state index contributed by atoms with van der Waals surface area (Å²) in [6.07, 6.45) is -9.05. The Morgan fingerprint density at radius 3 is 2.43 bits per heavy atom. The van der Waals surface area contributed by atoms with Crippen LogP contribution < -0.4 is 4.74 Å². The number of piperidine rings is 1. The van der Waals surface area contributed by atoms with Gasteiger partial charge in [-0.2, -0.15) is 0 Å². The van der Waals surface area contributed by atoms with Crippen molar-refractivity contribution in [2.45, 2.75) is 80.2 Å². The summed E-state index contributed by atoms with van der Waals surface area (Å²) in [4.78, 5) is 62.3. The molecule has 0 unspecified atom stereocenters. The lowest BCUT2D eigenvalue weighted by atomic mass is 9.50. The Kier molecular flexibility index (Phi) is 7.82. The number of hydrogen-bond acceptors (Lipinski definition) is 14. The van der Waals surface area contributed by atoms with Crippen molar-refractivity contribution < 1.29 is 73.6 Å². The molecule has 0 saturated carbocycles. The van der Waals surface area contributed by atoms with Gasteiger partial charge in [0, 0.05) is 18.0 Å². The fraction of sp³-hybridized carbons (Fsp3) is 0.536. The van der Waals surface area contributed by atoms with Crippen LogP contribution in [0.5, 0.6) is 11.5 Å². The molecule has 2 aliphatic carbocycles. The second-order valence-electron chi connectivity index (χ2n) is 11.4. The largest absolute Gasteiger partial charge is 0.504 e. The second kappa shape index (κ2) is 11.0. The van der Waals surface area contributed by atoms with Crippen LogP contribution in [-0.2, 0) is 50.0 Å². The Bertz CT molecular complexity index is 1460. The maximum absolute atomic E-state index is 13.2. The van der Waals surface area contributed by atoms with E-state index >= 15 is 0 Å². The number of aromatic hydroxyl groups is 1. The van der Waals surface area contributed by atoms with Crippen molar-refractivity contribution in [2.24, 2.45) is 0 Å². The van der Waals surface area contributed by atoms with Gasteiger partial charge in [-0.3, -0.25) is 4.79 Å². The highest BCUT2D eigenvalue weighted by molar-refractivity contribution is 5.89. The summed E-state index contributed by atoms with van der Waals surface area (Å²) >= 11 is 0. The predicted molar refractivity (Wildman–Crippen MR) is 140 cm³/mol. The van der Waals surface area contributed by atoms with Gasteiger partial charge in [0.05, 0.1) is 17.4 Å². The Morgan fingerprint density at radius 1 is 1.07 bits per heavy atom. The zero-order chi connectivity index (χ0) is 32.3. The summed E-state index contributed by atoms with van der Waals surface area (Å²) in [5.74, 6) is -8.16. The fourth-order valence-corrected chi connectivity index (χ4v) is 6.71. The predicted octanol–water partition coefficient (Wildman–Crippen LogP) is -1.66. The molecule has 5 rings (SSSR count). The normalized spacial score (nSPS) is 29.1. The summed E-state index contributed by atoms with van der Waals surface area (Å²) in [7, 11) is 1.89. The first kappa shape index (κ1) is 31.2. The molecule has 16 heteroatoms. The number of aliphatic carboxylic acids is 2. The number of aliphatic hydroxyl groups is 3. The van der Waals surface area contributed by atoms with Gasteiger partial charge >= 0.3 is 29.8 Å². The maximum atomic E-state index is 13.2. The number of ether oxygens (including phenoxy) is 4. The van der Waals surface area contributed by atoms with E-state index in [1.807, 2.05) is 11.9 Å². The smallest absolute Gasteiger partial charge is 0.348 e. The topological polar surface area (TPSA) is 247 Å². The summed E-state index contributed by atoms with van der Waals surface area (Å²) in [6.45, 7) is 1.53. The lowest BCUT2D eigenvalue weighted by Crippen LogP contribution is -2.74. The highest BCUT2D eigenvalue weighted by Gasteiger charge is 2.72.